The van der Waals surface area contributed by atoms with Crippen molar-refractivity contribution in [2.24, 2.45) is 5.10 Å². The summed E-state index contributed by atoms with van der Waals surface area (Å²) in [6.07, 6.45) is 0. The molecule has 3 rings (SSSR count). The second-order valence-corrected chi connectivity index (χ2v) is 5.42. The van der Waals surface area contributed by atoms with Gasteiger partial charge in [-0.1, -0.05) is 18.2 Å². The third-order valence-electron chi connectivity index (χ3n) is 3.84. The van der Waals surface area contributed by atoms with Gasteiger partial charge in [-0.05, 0) is 36.4 Å². The van der Waals surface area contributed by atoms with Gasteiger partial charge < -0.3 is 9.47 Å². The molecule has 0 bridgehead atoms. The van der Waals surface area contributed by atoms with Crippen molar-refractivity contribution in [2.75, 3.05) is 7.11 Å². The monoisotopic (exact) mass is 310 g/mol. The lowest BCUT2D eigenvalue weighted by molar-refractivity contribution is -0.146. The van der Waals surface area contributed by atoms with Crippen LogP contribution >= 0.6 is 0 Å². The first-order chi connectivity index (χ1) is 11.0. The van der Waals surface area contributed by atoms with E-state index in [9.17, 15) is 4.79 Å². The van der Waals surface area contributed by atoms with E-state index in [4.69, 9.17) is 9.47 Å². The Balaban J connectivity index is 1.99. The van der Waals surface area contributed by atoms with E-state index in [0.717, 1.165) is 16.9 Å². The Morgan fingerprint density at radius 1 is 1.13 bits per heavy atom. The molecule has 1 aliphatic rings. The first kappa shape index (κ1) is 15.1. The fourth-order valence-corrected chi connectivity index (χ4v) is 2.59. The van der Waals surface area contributed by atoms with E-state index >= 15 is 0 Å². The molecule has 0 N–H and O–H groups in total. The Morgan fingerprint density at radius 3 is 2.35 bits per heavy atom. The van der Waals surface area contributed by atoms with E-state index in [-0.39, 0.29) is 5.91 Å². The van der Waals surface area contributed by atoms with E-state index in [0.29, 0.717) is 5.90 Å². The number of carbonyl (C=O) groups is 1. The second kappa shape index (κ2) is 5.76. The number of hydrazone groups is 1. The lowest BCUT2D eigenvalue weighted by atomic mass is 10.0. The van der Waals surface area contributed by atoms with E-state index in [1.807, 2.05) is 61.5 Å². The fraction of sp³-hybridized carbons (Fsp3) is 0.222. The van der Waals surface area contributed by atoms with Gasteiger partial charge in [0.15, 0.2) is 0 Å². The highest BCUT2D eigenvalue weighted by Gasteiger charge is 2.44. The van der Waals surface area contributed by atoms with Crippen LogP contribution < -0.4 is 4.74 Å². The van der Waals surface area contributed by atoms with Gasteiger partial charge in [-0.25, -0.2) is 0 Å². The van der Waals surface area contributed by atoms with Gasteiger partial charge in [0.2, 0.25) is 17.5 Å². The lowest BCUT2D eigenvalue weighted by Crippen LogP contribution is -2.41. The van der Waals surface area contributed by atoms with Crippen molar-refractivity contribution in [3.05, 3.63) is 65.7 Å². The summed E-state index contributed by atoms with van der Waals surface area (Å²) in [5, 5.41) is 5.75. The number of rotatable bonds is 3. The number of hydrogen-bond donors (Lipinski definition) is 0. The molecule has 0 aromatic heterocycles. The maximum atomic E-state index is 12.0. The minimum absolute atomic E-state index is 0.186. The number of carbonyl (C=O) groups excluding carboxylic acids is 1. The van der Waals surface area contributed by atoms with Crippen LogP contribution in [0.2, 0.25) is 0 Å². The lowest BCUT2D eigenvalue weighted by Gasteiger charge is -2.31. The Labute approximate surface area is 135 Å². The van der Waals surface area contributed by atoms with Crippen molar-refractivity contribution in [3.63, 3.8) is 0 Å². The molecule has 5 nitrogen and oxygen atoms in total. The molecular formula is C18H18N2O3. The fourth-order valence-electron chi connectivity index (χ4n) is 2.59. The van der Waals surface area contributed by atoms with Crippen LogP contribution in [0.3, 0.4) is 0 Å². The minimum Gasteiger partial charge on any atom is -0.497 e. The summed E-state index contributed by atoms with van der Waals surface area (Å²) in [7, 11) is 1.61. The first-order valence-electron chi connectivity index (χ1n) is 7.33. The van der Waals surface area contributed by atoms with Crippen molar-refractivity contribution >= 4 is 11.8 Å². The Hall–Kier alpha value is -2.82. The zero-order valence-electron chi connectivity index (χ0n) is 13.3. The van der Waals surface area contributed by atoms with Crippen LogP contribution in [-0.4, -0.2) is 23.9 Å². The van der Waals surface area contributed by atoms with Crippen LogP contribution in [0.1, 0.15) is 25.0 Å². The minimum atomic E-state index is -0.983. The Kier molecular flexibility index (Phi) is 3.78. The van der Waals surface area contributed by atoms with Crippen LogP contribution in [-0.2, 0) is 15.3 Å². The van der Waals surface area contributed by atoms with Crippen molar-refractivity contribution < 1.29 is 14.3 Å². The second-order valence-electron chi connectivity index (χ2n) is 5.42. The molecule has 1 heterocycles. The summed E-state index contributed by atoms with van der Waals surface area (Å²) in [5.41, 5.74) is 0.669. The van der Waals surface area contributed by atoms with Crippen molar-refractivity contribution in [1.82, 2.24) is 5.01 Å². The quantitative estimate of drug-likeness (QED) is 0.875. The topological polar surface area (TPSA) is 51.1 Å². The van der Waals surface area contributed by atoms with Gasteiger partial charge in [0.1, 0.15) is 5.75 Å². The molecule has 0 aliphatic carbocycles. The molecule has 0 radical (unpaired) electrons. The number of ether oxygens (including phenoxy) is 2. The van der Waals surface area contributed by atoms with Crippen LogP contribution in [0.5, 0.6) is 5.75 Å². The number of benzene rings is 2. The SMILES string of the molecule is COc1ccc(C2(C)OC(c3ccccc3)=NN2C(C)=O)cc1. The van der Waals surface area contributed by atoms with Gasteiger partial charge in [0, 0.05) is 25.0 Å². The molecule has 0 fully saturated rings. The highest BCUT2D eigenvalue weighted by Crippen LogP contribution is 2.37. The highest BCUT2D eigenvalue weighted by molar-refractivity contribution is 5.96. The average Bonchev–Trinajstić information content (AvgIpc) is 2.95. The van der Waals surface area contributed by atoms with Crippen molar-refractivity contribution in [1.29, 1.82) is 0 Å². The van der Waals surface area contributed by atoms with Crippen LogP contribution in [0, 0.1) is 0 Å². The number of methoxy groups -OCH3 is 1. The predicted octanol–water partition coefficient (Wildman–Crippen LogP) is 3.11. The molecule has 5 heteroatoms. The molecule has 0 saturated carbocycles. The zero-order valence-corrected chi connectivity index (χ0v) is 13.3. The molecule has 0 saturated heterocycles. The van der Waals surface area contributed by atoms with Crippen LogP contribution in [0.15, 0.2) is 59.7 Å². The Bertz CT molecular complexity index is 741. The van der Waals surface area contributed by atoms with Crippen LogP contribution in [0.4, 0.5) is 0 Å². The van der Waals surface area contributed by atoms with Gasteiger partial charge in [0.25, 0.3) is 0 Å². The van der Waals surface area contributed by atoms with Crippen LogP contribution in [0.25, 0.3) is 0 Å². The average molecular weight is 310 g/mol. The van der Waals surface area contributed by atoms with Crippen molar-refractivity contribution in [3.8, 4) is 5.75 Å². The summed E-state index contributed by atoms with van der Waals surface area (Å²) >= 11 is 0. The molecule has 1 amide bonds. The maximum Gasteiger partial charge on any atom is 0.243 e. The normalized spacial score (nSPS) is 20.0. The van der Waals surface area contributed by atoms with E-state index in [1.165, 1.54) is 11.9 Å². The first-order valence-corrected chi connectivity index (χ1v) is 7.33. The summed E-state index contributed by atoms with van der Waals surface area (Å²) in [6, 6.07) is 16.9. The molecule has 0 spiro atoms. The highest BCUT2D eigenvalue weighted by atomic mass is 16.6. The third kappa shape index (κ3) is 2.65. The van der Waals surface area contributed by atoms with Gasteiger partial charge in [-0.2, -0.15) is 5.01 Å². The van der Waals surface area contributed by atoms with Gasteiger partial charge in [-0.15, -0.1) is 5.10 Å². The summed E-state index contributed by atoms with van der Waals surface area (Å²) in [4.78, 5) is 12.0. The molecular weight excluding hydrogens is 292 g/mol. The summed E-state index contributed by atoms with van der Waals surface area (Å²) in [6.45, 7) is 3.30. The van der Waals surface area contributed by atoms with Gasteiger partial charge in [-0.3, -0.25) is 4.79 Å². The molecule has 1 unspecified atom stereocenters. The molecule has 118 valence electrons. The number of hydrogen-bond acceptors (Lipinski definition) is 4. The molecule has 1 atom stereocenters. The standard InChI is InChI=1S/C18H18N2O3/c1-13(21)20-18(2,15-9-11-16(22-3)12-10-15)23-17(19-20)14-7-5-4-6-8-14/h4-12H,1-3H3. The maximum absolute atomic E-state index is 12.0. The van der Waals surface area contributed by atoms with E-state index in [2.05, 4.69) is 5.10 Å². The molecule has 23 heavy (non-hydrogen) atoms. The largest absolute Gasteiger partial charge is 0.497 e. The Morgan fingerprint density at radius 2 is 1.78 bits per heavy atom. The molecule has 2 aromatic rings. The predicted molar refractivity (Wildman–Crippen MR) is 86.9 cm³/mol. The zero-order chi connectivity index (χ0) is 16.4. The molecule has 1 aliphatic heterocycles. The van der Waals surface area contributed by atoms with Gasteiger partial charge in [0.05, 0.1) is 7.11 Å². The van der Waals surface area contributed by atoms with E-state index in [1.54, 1.807) is 7.11 Å². The van der Waals surface area contributed by atoms with Crippen molar-refractivity contribution in [2.45, 2.75) is 19.6 Å². The smallest absolute Gasteiger partial charge is 0.243 e. The van der Waals surface area contributed by atoms with E-state index < -0.39 is 5.72 Å². The molecule has 2 aromatic carbocycles. The third-order valence-corrected chi connectivity index (χ3v) is 3.84. The number of amides is 1. The van der Waals surface area contributed by atoms with Gasteiger partial charge >= 0.3 is 0 Å². The number of nitrogens with zero attached hydrogens (tertiary/aromatic N) is 2. The summed E-state index contributed by atoms with van der Waals surface area (Å²) < 4.78 is 11.3. The summed E-state index contributed by atoms with van der Waals surface area (Å²) in [5.74, 6) is 0.988.